The van der Waals surface area contributed by atoms with Crippen LogP contribution in [-0.4, -0.2) is 57.6 Å². The number of piperazine rings is 1. The lowest BCUT2D eigenvalue weighted by Gasteiger charge is -2.34. The molecule has 8 heteroatoms. The van der Waals surface area contributed by atoms with Gasteiger partial charge >= 0.3 is 0 Å². The third-order valence-electron chi connectivity index (χ3n) is 5.36. The Balaban J connectivity index is 1.34. The summed E-state index contributed by atoms with van der Waals surface area (Å²) in [5.41, 5.74) is 2.08. The molecule has 1 N–H and O–H groups in total. The molecule has 0 radical (unpaired) electrons. The molecule has 1 aliphatic heterocycles. The molecule has 7 nitrogen and oxygen atoms in total. The smallest absolute Gasteiger partial charge is 0.274 e. The van der Waals surface area contributed by atoms with Gasteiger partial charge in [-0.2, -0.15) is 5.10 Å². The number of hydrogen-bond acceptors (Lipinski definition) is 4. The van der Waals surface area contributed by atoms with Gasteiger partial charge in [-0.05, 0) is 29.8 Å². The number of benzene rings is 2. The molecule has 1 saturated heterocycles. The molecule has 4 rings (SSSR count). The first kappa shape index (κ1) is 21.1. The van der Waals surface area contributed by atoms with Gasteiger partial charge in [0.05, 0.1) is 0 Å². The zero-order valence-electron chi connectivity index (χ0n) is 17.3. The summed E-state index contributed by atoms with van der Waals surface area (Å²) in [5, 5.41) is 7.86. The van der Waals surface area contributed by atoms with Crippen LogP contribution < -0.4 is 5.32 Å². The van der Waals surface area contributed by atoms with E-state index in [1.165, 1.54) is 10.2 Å². The van der Waals surface area contributed by atoms with Crippen LogP contribution in [0.4, 0.5) is 5.82 Å². The van der Waals surface area contributed by atoms with Gasteiger partial charge in [0.25, 0.3) is 11.8 Å². The number of nitrogens with one attached hydrogen (secondary N) is 1. The Kier molecular flexibility index (Phi) is 6.34. The highest BCUT2D eigenvalue weighted by Gasteiger charge is 2.25. The van der Waals surface area contributed by atoms with E-state index in [4.69, 9.17) is 11.6 Å². The van der Waals surface area contributed by atoms with Crippen molar-refractivity contribution < 1.29 is 9.59 Å². The number of halogens is 1. The van der Waals surface area contributed by atoms with Gasteiger partial charge in [0.2, 0.25) is 0 Å². The van der Waals surface area contributed by atoms with Crippen molar-refractivity contribution in [1.29, 1.82) is 0 Å². The number of aromatic nitrogens is 2. The average molecular weight is 438 g/mol. The van der Waals surface area contributed by atoms with Crippen molar-refractivity contribution in [2.75, 3.05) is 31.5 Å². The number of hydrogen-bond donors (Lipinski definition) is 1. The van der Waals surface area contributed by atoms with Crippen LogP contribution in [0.2, 0.25) is 5.02 Å². The number of rotatable bonds is 5. The van der Waals surface area contributed by atoms with Crippen LogP contribution >= 0.6 is 11.6 Å². The van der Waals surface area contributed by atoms with Crippen molar-refractivity contribution in [3.63, 3.8) is 0 Å². The Labute approximate surface area is 186 Å². The third kappa shape index (κ3) is 5.13. The van der Waals surface area contributed by atoms with Crippen LogP contribution in [0.15, 0.2) is 60.7 Å². The Morgan fingerprint density at radius 2 is 1.68 bits per heavy atom. The van der Waals surface area contributed by atoms with Gasteiger partial charge in [-0.15, -0.1) is 0 Å². The molecular formula is C23H24ClN5O2. The summed E-state index contributed by atoms with van der Waals surface area (Å²) in [6, 6.07) is 18.4. The minimum atomic E-state index is -0.238. The Morgan fingerprint density at radius 3 is 2.35 bits per heavy atom. The first-order chi connectivity index (χ1) is 15.0. The molecule has 0 unspecified atom stereocenters. The van der Waals surface area contributed by atoms with E-state index in [1.54, 1.807) is 37.4 Å². The molecule has 1 aliphatic rings. The quantitative estimate of drug-likeness (QED) is 0.665. The van der Waals surface area contributed by atoms with Crippen molar-refractivity contribution in [1.82, 2.24) is 19.6 Å². The van der Waals surface area contributed by atoms with Crippen molar-refractivity contribution in [3.8, 4) is 0 Å². The van der Waals surface area contributed by atoms with Crippen molar-refractivity contribution in [2.24, 2.45) is 7.05 Å². The lowest BCUT2D eigenvalue weighted by Crippen LogP contribution is -2.48. The van der Waals surface area contributed by atoms with Gasteiger partial charge in [-0.3, -0.25) is 19.2 Å². The fourth-order valence-electron chi connectivity index (χ4n) is 3.59. The minimum Gasteiger partial charge on any atom is -0.335 e. The maximum atomic E-state index is 12.9. The fraction of sp³-hybridized carbons (Fsp3) is 0.261. The molecule has 0 spiro atoms. The zero-order chi connectivity index (χ0) is 21.8. The molecular weight excluding hydrogens is 414 g/mol. The lowest BCUT2D eigenvalue weighted by molar-refractivity contribution is 0.0622. The Morgan fingerprint density at radius 1 is 1.00 bits per heavy atom. The maximum absolute atomic E-state index is 12.9. The monoisotopic (exact) mass is 437 g/mol. The minimum absolute atomic E-state index is 0.123. The average Bonchev–Trinajstić information content (AvgIpc) is 3.16. The maximum Gasteiger partial charge on any atom is 0.274 e. The predicted octanol–water partition coefficient (Wildman–Crippen LogP) is 3.28. The predicted molar refractivity (Wildman–Crippen MR) is 120 cm³/mol. The topological polar surface area (TPSA) is 70.5 Å². The van der Waals surface area contributed by atoms with E-state index in [0.29, 0.717) is 30.2 Å². The molecule has 1 aromatic heterocycles. The summed E-state index contributed by atoms with van der Waals surface area (Å²) in [7, 11) is 1.71. The molecule has 2 heterocycles. The van der Waals surface area contributed by atoms with E-state index in [1.807, 2.05) is 35.2 Å². The van der Waals surface area contributed by atoms with Crippen LogP contribution in [-0.2, 0) is 13.6 Å². The third-order valence-corrected chi connectivity index (χ3v) is 5.61. The normalized spacial score (nSPS) is 14.5. The fourth-order valence-corrected chi connectivity index (χ4v) is 3.71. The first-order valence-electron chi connectivity index (χ1n) is 10.2. The molecule has 3 aromatic rings. The SMILES string of the molecule is Cn1nc(C(=O)N2CCN(Cc3ccc(Cl)cc3)CC2)cc1NC(=O)c1ccccc1. The van der Waals surface area contributed by atoms with Crippen LogP contribution in [0.5, 0.6) is 0 Å². The molecule has 31 heavy (non-hydrogen) atoms. The second kappa shape index (κ2) is 9.32. The second-order valence-electron chi connectivity index (χ2n) is 7.55. The number of carbonyl (C=O) groups excluding carboxylic acids is 2. The Bertz CT molecular complexity index is 1060. The molecule has 0 aliphatic carbocycles. The summed E-state index contributed by atoms with van der Waals surface area (Å²) in [4.78, 5) is 29.4. The van der Waals surface area contributed by atoms with E-state index >= 15 is 0 Å². The van der Waals surface area contributed by atoms with Crippen LogP contribution in [0, 0.1) is 0 Å². The van der Waals surface area contributed by atoms with Gasteiger partial charge < -0.3 is 10.2 Å². The van der Waals surface area contributed by atoms with Gasteiger partial charge in [0.15, 0.2) is 5.69 Å². The summed E-state index contributed by atoms with van der Waals surface area (Å²) in [6.45, 7) is 3.68. The lowest BCUT2D eigenvalue weighted by atomic mass is 10.2. The van der Waals surface area contributed by atoms with Gasteiger partial charge in [0.1, 0.15) is 5.82 Å². The van der Waals surface area contributed by atoms with Crippen LogP contribution in [0.25, 0.3) is 0 Å². The number of nitrogens with zero attached hydrogens (tertiary/aromatic N) is 4. The Hall–Kier alpha value is -3.16. The van der Waals surface area contributed by atoms with Gasteiger partial charge in [0, 0.05) is 56.4 Å². The summed E-state index contributed by atoms with van der Waals surface area (Å²) in [5.74, 6) is 0.124. The highest BCUT2D eigenvalue weighted by atomic mass is 35.5. The summed E-state index contributed by atoms with van der Waals surface area (Å²) in [6.07, 6.45) is 0. The van der Waals surface area contributed by atoms with Crippen LogP contribution in [0.1, 0.15) is 26.4 Å². The number of amides is 2. The van der Waals surface area contributed by atoms with E-state index in [-0.39, 0.29) is 11.8 Å². The second-order valence-corrected chi connectivity index (χ2v) is 7.99. The molecule has 0 saturated carbocycles. The van der Waals surface area contributed by atoms with Gasteiger partial charge in [-0.1, -0.05) is 41.9 Å². The first-order valence-corrected chi connectivity index (χ1v) is 10.5. The molecule has 2 aromatic carbocycles. The van der Waals surface area contributed by atoms with Crippen molar-refractivity contribution >= 4 is 29.2 Å². The summed E-state index contributed by atoms with van der Waals surface area (Å²) < 4.78 is 1.52. The highest BCUT2D eigenvalue weighted by Crippen LogP contribution is 2.16. The molecule has 0 atom stereocenters. The van der Waals surface area contributed by atoms with E-state index < -0.39 is 0 Å². The van der Waals surface area contributed by atoms with E-state index in [9.17, 15) is 9.59 Å². The van der Waals surface area contributed by atoms with E-state index in [2.05, 4.69) is 15.3 Å². The largest absolute Gasteiger partial charge is 0.335 e. The molecule has 0 bridgehead atoms. The number of carbonyl (C=O) groups is 2. The van der Waals surface area contributed by atoms with Gasteiger partial charge in [-0.25, -0.2) is 0 Å². The standard InChI is InChI=1S/C23H24ClN5O2/c1-27-21(25-22(30)18-5-3-2-4-6-18)15-20(26-27)23(31)29-13-11-28(12-14-29)16-17-7-9-19(24)10-8-17/h2-10,15H,11-14,16H2,1H3,(H,25,30). The molecule has 2 amide bonds. The molecule has 1 fully saturated rings. The number of anilines is 1. The number of aryl methyl sites for hydroxylation is 1. The highest BCUT2D eigenvalue weighted by molar-refractivity contribution is 6.30. The molecule has 160 valence electrons. The zero-order valence-corrected chi connectivity index (χ0v) is 18.0. The van der Waals surface area contributed by atoms with Crippen molar-refractivity contribution in [3.05, 3.63) is 82.5 Å². The summed E-state index contributed by atoms with van der Waals surface area (Å²) >= 11 is 5.95. The van der Waals surface area contributed by atoms with Crippen LogP contribution in [0.3, 0.4) is 0 Å². The van der Waals surface area contributed by atoms with E-state index in [0.717, 1.165) is 24.7 Å². The van der Waals surface area contributed by atoms with Crippen molar-refractivity contribution in [2.45, 2.75) is 6.54 Å².